The maximum Gasteiger partial charge on any atom is 0.344 e. The van der Waals surface area contributed by atoms with Crippen LogP contribution < -0.4 is 14.2 Å². The van der Waals surface area contributed by atoms with Gasteiger partial charge in [-0.3, -0.25) is 9.97 Å². The van der Waals surface area contributed by atoms with Crippen molar-refractivity contribution in [3.8, 4) is 17.2 Å². The molecule has 2 heterocycles. The maximum absolute atomic E-state index is 12.1. The van der Waals surface area contributed by atoms with Gasteiger partial charge in [0, 0.05) is 24.8 Å². The molecule has 12 heteroatoms. The molecular formula is C43H42N2O8S2. The largest absolute Gasteiger partial charge is 0.744 e. The van der Waals surface area contributed by atoms with Crippen LogP contribution in [0.4, 0.5) is 0 Å². The number of pyridine rings is 2. The number of aryl methyl sites for hydroxylation is 1. The lowest BCUT2D eigenvalue weighted by Crippen LogP contribution is -2.27. The lowest BCUT2D eigenvalue weighted by Gasteiger charge is -2.19. The minimum atomic E-state index is -4.27. The molecule has 0 aliphatic carbocycles. The van der Waals surface area contributed by atoms with Crippen molar-refractivity contribution in [1.82, 2.24) is 9.97 Å². The molecule has 0 bridgehead atoms. The molecule has 0 spiro atoms. The van der Waals surface area contributed by atoms with Gasteiger partial charge in [-0.25, -0.2) is 13.2 Å². The zero-order valence-electron chi connectivity index (χ0n) is 31.0. The minimum absolute atomic E-state index is 0.149. The van der Waals surface area contributed by atoms with Gasteiger partial charge in [0.15, 0.2) is 21.3 Å². The van der Waals surface area contributed by atoms with Gasteiger partial charge in [0.1, 0.15) is 46.2 Å². The summed E-state index contributed by atoms with van der Waals surface area (Å²) in [6.45, 7) is 8.12. The van der Waals surface area contributed by atoms with Gasteiger partial charge < -0.3 is 23.5 Å². The normalized spacial score (nSPS) is 11.2. The summed E-state index contributed by atoms with van der Waals surface area (Å²) in [6, 6.07) is 37.8. The second kappa shape index (κ2) is 19.1. The van der Waals surface area contributed by atoms with Crippen molar-refractivity contribution in [2.24, 2.45) is 0 Å². The van der Waals surface area contributed by atoms with Crippen molar-refractivity contribution in [1.29, 1.82) is 0 Å². The monoisotopic (exact) mass is 778 g/mol. The zero-order chi connectivity index (χ0) is 39.3. The molecule has 0 amide bonds. The molecular weight excluding hydrogens is 737 g/mol. The summed E-state index contributed by atoms with van der Waals surface area (Å²) in [6.07, 6.45) is 7.04. The molecule has 4 aromatic carbocycles. The van der Waals surface area contributed by atoms with E-state index in [2.05, 4.69) is 34.2 Å². The Labute approximate surface area is 325 Å². The van der Waals surface area contributed by atoms with Gasteiger partial charge in [-0.05, 0) is 148 Å². The highest BCUT2D eigenvalue weighted by molar-refractivity contribution is 7.97. The molecule has 55 heavy (non-hydrogen) atoms. The van der Waals surface area contributed by atoms with Crippen LogP contribution in [0.2, 0.25) is 0 Å². The van der Waals surface area contributed by atoms with Gasteiger partial charge in [0.2, 0.25) is 0 Å². The first-order valence-electron chi connectivity index (χ1n) is 17.3. The fourth-order valence-electron chi connectivity index (χ4n) is 4.93. The summed E-state index contributed by atoms with van der Waals surface area (Å²) in [5, 5.41) is 0. The predicted octanol–water partition coefficient (Wildman–Crippen LogP) is 8.35. The molecule has 2 aromatic heterocycles. The quantitative estimate of drug-likeness (QED) is 0.0639. The Morgan fingerprint density at radius 1 is 0.600 bits per heavy atom. The molecule has 284 valence electrons. The smallest absolute Gasteiger partial charge is 0.344 e. The summed E-state index contributed by atoms with van der Waals surface area (Å²) in [7, 11) is -4.69. The number of esters is 1. The van der Waals surface area contributed by atoms with Gasteiger partial charge >= 0.3 is 5.97 Å². The Morgan fingerprint density at radius 3 is 1.35 bits per heavy atom. The molecule has 0 atom stereocenters. The van der Waals surface area contributed by atoms with Crippen LogP contribution in [-0.2, 0) is 43.8 Å². The third kappa shape index (κ3) is 13.3. The minimum Gasteiger partial charge on any atom is -0.744 e. The van der Waals surface area contributed by atoms with Gasteiger partial charge in [-0.1, -0.05) is 17.7 Å². The van der Waals surface area contributed by atoms with Crippen molar-refractivity contribution in [2.45, 2.75) is 66.1 Å². The van der Waals surface area contributed by atoms with E-state index >= 15 is 0 Å². The van der Waals surface area contributed by atoms with Crippen molar-refractivity contribution >= 4 is 27.0 Å². The molecule has 10 nitrogen and oxygen atoms in total. The lowest BCUT2D eigenvalue weighted by molar-refractivity contribution is -0.157. The van der Waals surface area contributed by atoms with Crippen molar-refractivity contribution in [3.63, 3.8) is 0 Å². The number of benzene rings is 4. The number of aromatic nitrogens is 2. The number of hydrogen-bond donors (Lipinski definition) is 0. The lowest BCUT2D eigenvalue weighted by atomic mass is 10.2. The van der Waals surface area contributed by atoms with Crippen molar-refractivity contribution in [3.05, 3.63) is 163 Å². The molecule has 0 unspecified atom stereocenters. The fraction of sp³-hybridized carbons (Fsp3) is 0.186. The van der Waals surface area contributed by atoms with Gasteiger partial charge in [-0.15, -0.1) is 0 Å². The Hall–Kier alpha value is -5.69. The second-order valence-corrected chi connectivity index (χ2v) is 16.6. The van der Waals surface area contributed by atoms with E-state index in [1.807, 2.05) is 100 Å². The second-order valence-electron chi connectivity index (χ2n) is 13.2. The summed E-state index contributed by atoms with van der Waals surface area (Å²) in [5.74, 6) is 1.78. The zero-order valence-corrected chi connectivity index (χ0v) is 32.6. The number of nitrogens with zero attached hydrogens (tertiary/aromatic N) is 2. The van der Waals surface area contributed by atoms with Crippen molar-refractivity contribution < 1.29 is 36.7 Å². The Morgan fingerprint density at radius 2 is 0.982 bits per heavy atom. The fourth-order valence-corrected chi connectivity index (χ4v) is 7.44. The number of carbonyl (C=O) groups excluding carboxylic acids is 1. The number of ether oxygens (including phenoxy) is 4. The molecule has 6 aromatic rings. The van der Waals surface area contributed by atoms with Crippen LogP contribution in [0.3, 0.4) is 0 Å². The molecule has 0 aliphatic rings. The number of rotatable bonds is 13. The van der Waals surface area contributed by atoms with E-state index in [1.165, 1.54) is 12.1 Å². The average molecular weight is 779 g/mol. The van der Waals surface area contributed by atoms with Crippen LogP contribution in [0.25, 0.3) is 0 Å². The third-order valence-corrected chi connectivity index (χ3v) is 10.7. The predicted molar refractivity (Wildman–Crippen MR) is 209 cm³/mol. The van der Waals surface area contributed by atoms with E-state index in [0.717, 1.165) is 42.9 Å². The van der Waals surface area contributed by atoms with Gasteiger partial charge in [0.05, 0.1) is 15.8 Å². The molecule has 6 rings (SSSR count). The average Bonchev–Trinajstić information content (AvgIpc) is 3.17. The van der Waals surface area contributed by atoms with Crippen LogP contribution in [0.15, 0.2) is 166 Å². The molecule has 0 radical (unpaired) electrons. The highest BCUT2D eigenvalue weighted by Gasteiger charge is 2.29. The first kappa shape index (κ1) is 40.5. The van der Waals surface area contributed by atoms with Gasteiger partial charge in [-0.2, -0.15) is 0 Å². The maximum atomic E-state index is 12.1. The van der Waals surface area contributed by atoms with E-state index in [1.54, 1.807) is 36.9 Å². The Kier molecular flexibility index (Phi) is 14.0. The summed E-state index contributed by atoms with van der Waals surface area (Å²) in [4.78, 5) is 23.4. The summed E-state index contributed by atoms with van der Waals surface area (Å²) in [5.41, 5.74) is 2.49. The molecule has 0 saturated heterocycles. The third-order valence-electron chi connectivity index (χ3n) is 7.57. The van der Waals surface area contributed by atoms with E-state index in [0.29, 0.717) is 19.0 Å². The highest BCUT2D eigenvalue weighted by atomic mass is 32.2. The van der Waals surface area contributed by atoms with Crippen LogP contribution in [0.1, 0.15) is 37.5 Å². The first-order valence-corrected chi connectivity index (χ1v) is 19.9. The SMILES string of the molecule is CC(C)(C)OC(=O)COc1ccc([S+](c2ccc(OCc3ccncc3)cc2)c2ccc(OCc3ccncc3)cc2)cc1.Cc1ccc(S(=O)(=O)[O-])cc1. The van der Waals surface area contributed by atoms with E-state index in [4.69, 9.17) is 18.9 Å². The van der Waals surface area contributed by atoms with Crippen LogP contribution in [-0.4, -0.2) is 41.1 Å². The van der Waals surface area contributed by atoms with Crippen molar-refractivity contribution in [2.75, 3.05) is 6.61 Å². The van der Waals surface area contributed by atoms with Gasteiger partial charge in [0.25, 0.3) is 0 Å². The van der Waals surface area contributed by atoms with Crippen LogP contribution >= 0.6 is 0 Å². The number of carbonyl (C=O) groups is 1. The molecule has 0 saturated carbocycles. The van der Waals surface area contributed by atoms with Crippen LogP contribution in [0.5, 0.6) is 17.2 Å². The summed E-state index contributed by atoms with van der Waals surface area (Å²) < 4.78 is 54.2. The Bertz CT molecular complexity index is 2110. The van der Waals surface area contributed by atoms with E-state index in [-0.39, 0.29) is 11.5 Å². The molecule has 0 fully saturated rings. The Balaban J connectivity index is 0.000000454. The molecule has 0 aliphatic heterocycles. The topological polar surface area (TPSA) is 137 Å². The highest BCUT2D eigenvalue weighted by Crippen LogP contribution is 2.34. The first-order chi connectivity index (χ1) is 26.3. The molecule has 0 N–H and O–H groups in total. The summed E-state index contributed by atoms with van der Waals surface area (Å²) >= 11 is 0. The van der Waals surface area contributed by atoms with Crippen LogP contribution in [0, 0.1) is 6.92 Å². The van der Waals surface area contributed by atoms with E-state index < -0.39 is 32.6 Å². The van der Waals surface area contributed by atoms with E-state index in [9.17, 15) is 17.8 Å². The standard InChI is InChI=1S/C36H35N2O5S.C7H8O3S/c1-36(2,3)43-35(39)26-42-31-8-14-34(15-9-31)44(32-10-4-29(5-11-32)40-24-27-16-20-37-21-17-27)33-12-6-30(7-13-33)41-25-28-18-22-38-23-19-28;1-6-2-4-7(5-3-6)11(8,9)10/h4-23H,24-26H2,1-3H3;2-5H,1H3,(H,8,9,10)/q+1;/p-1. The number of hydrogen-bond acceptors (Lipinski definition) is 10.